The smallest absolute Gasteiger partial charge is 0.274 e. The van der Waals surface area contributed by atoms with E-state index in [0.29, 0.717) is 12.3 Å². The molecule has 0 atom stereocenters. The number of ether oxygens (including phenoxy) is 1. The zero-order chi connectivity index (χ0) is 17.8. The van der Waals surface area contributed by atoms with Gasteiger partial charge in [-0.1, -0.05) is 18.2 Å². The Kier molecular flexibility index (Phi) is 5.20. The van der Waals surface area contributed by atoms with Crippen LogP contribution in [0.15, 0.2) is 30.3 Å². The topological polar surface area (TPSA) is 61.5 Å². The molecule has 0 spiro atoms. The van der Waals surface area contributed by atoms with E-state index < -0.39 is 0 Å². The highest BCUT2D eigenvalue weighted by Gasteiger charge is 2.27. The van der Waals surface area contributed by atoms with Gasteiger partial charge in [0.05, 0.1) is 0 Å². The van der Waals surface area contributed by atoms with Gasteiger partial charge in [0.2, 0.25) is 0 Å². The molecule has 0 radical (unpaired) electrons. The van der Waals surface area contributed by atoms with E-state index in [4.69, 9.17) is 4.74 Å². The van der Waals surface area contributed by atoms with Crippen LogP contribution in [-0.4, -0.2) is 65.2 Å². The first kappa shape index (κ1) is 17.1. The fraction of sp³-hybridized carbons (Fsp3) is 0.500. The maximum atomic E-state index is 12.8. The second kappa shape index (κ2) is 7.91. The van der Waals surface area contributed by atoms with Gasteiger partial charge >= 0.3 is 0 Å². The summed E-state index contributed by atoms with van der Waals surface area (Å²) in [4.78, 5) is 17.1. The van der Waals surface area contributed by atoms with E-state index in [2.05, 4.69) is 15.1 Å². The highest BCUT2D eigenvalue weighted by atomic mass is 16.5. The lowest BCUT2D eigenvalue weighted by atomic mass is 9.95. The number of carbonyl (C=O) groups excluding carboxylic acids is 1. The number of hydrogen-bond donors (Lipinski definition) is 1. The number of H-pyrrole nitrogens is 1. The summed E-state index contributed by atoms with van der Waals surface area (Å²) in [6.45, 7) is 4.84. The monoisotopic (exact) mass is 354 g/mol. The van der Waals surface area contributed by atoms with Crippen molar-refractivity contribution in [3.8, 4) is 5.75 Å². The van der Waals surface area contributed by atoms with Gasteiger partial charge in [0, 0.05) is 44.0 Å². The second-order valence-corrected chi connectivity index (χ2v) is 7.03. The number of rotatable bonds is 5. The van der Waals surface area contributed by atoms with Gasteiger partial charge in [0.25, 0.3) is 5.91 Å². The van der Waals surface area contributed by atoms with Crippen molar-refractivity contribution in [1.82, 2.24) is 20.0 Å². The Morgan fingerprint density at radius 2 is 1.85 bits per heavy atom. The van der Waals surface area contributed by atoms with Gasteiger partial charge in [-0.15, -0.1) is 0 Å². The van der Waals surface area contributed by atoms with Crippen molar-refractivity contribution in [2.75, 3.05) is 39.3 Å². The normalized spacial score (nSPS) is 17.8. The van der Waals surface area contributed by atoms with E-state index in [1.54, 1.807) is 0 Å². The molecule has 6 heteroatoms. The predicted octanol–water partition coefficient (Wildman–Crippen LogP) is 2.13. The Labute approximate surface area is 154 Å². The standard InChI is InChI=1S/C20H26N4O2/c25-20(19-17-8-4-5-9-18(17)21-22-19)24-12-10-23(11-13-24)14-15-26-16-6-2-1-3-7-16/h1-3,6-7H,4-5,8-15H2,(H,21,22). The number of hydrogen-bond acceptors (Lipinski definition) is 4. The molecule has 1 aliphatic heterocycles. The lowest BCUT2D eigenvalue weighted by Crippen LogP contribution is -2.49. The first-order valence-electron chi connectivity index (χ1n) is 9.57. The zero-order valence-corrected chi connectivity index (χ0v) is 15.1. The molecule has 138 valence electrons. The predicted molar refractivity (Wildman–Crippen MR) is 99.5 cm³/mol. The second-order valence-electron chi connectivity index (χ2n) is 7.03. The third kappa shape index (κ3) is 3.75. The Bertz CT molecular complexity index is 736. The first-order chi connectivity index (χ1) is 12.8. The van der Waals surface area contributed by atoms with E-state index in [1.165, 1.54) is 6.42 Å². The molecule has 2 aliphatic rings. The summed E-state index contributed by atoms with van der Waals surface area (Å²) in [6.07, 6.45) is 4.34. The van der Waals surface area contributed by atoms with Crippen LogP contribution < -0.4 is 4.74 Å². The van der Waals surface area contributed by atoms with Gasteiger partial charge in [0.1, 0.15) is 12.4 Å². The summed E-state index contributed by atoms with van der Waals surface area (Å²) in [7, 11) is 0. The number of piperazine rings is 1. The molecule has 1 aliphatic carbocycles. The van der Waals surface area contributed by atoms with Crippen molar-refractivity contribution in [2.24, 2.45) is 0 Å². The molecule has 1 amide bonds. The number of carbonyl (C=O) groups is 1. The molecule has 1 aromatic carbocycles. The van der Waals surface area contributed by atoms with Crippen molar-refractivity contribution in [1.29, 1.82) is 0 Å². The van der Waals surface area contributed by atoms with Crippen LogP contribution in [0, 0.1) is 0 Å². The van der Waals surface area contributed by atoms with Gasteiger partial charge in [-0.2, -0.15) is 5.10 Å². The number of para-hydroxylation sites is 1. The van der Waals surface area contributed by atoms with E-state index in [9.17, 15) is 4.79 Å². The molecule has 0 bridgehead atoms. The molecule has 0 unspecified atom stereocenters. The van der Waals surface area contributed by atoms with Crippen LogP contribution >= 0.6 is 0 Å². The number of aromatic amines is 1. The fourth-order valence-corrected chi connectivity index (χ4v) is 3.79. The van der Waals surface area contributed by atoms with Crippen LogP contribution in [0.4, 0.5) is 0 Å². The highest BCUT2D eigenvalue weighted by Crippen LogP contribution is 2.23. The Hall–Kier alpha value is -2.34. The quantitative estimate of drug-likeness (QED) is 0.893. The lowest BCUT2D eigenvalue weighted by Gasteiger charge is -2.34. The number of amides is 1. The molecule has 0 saturated carbocycles. The first-order valence-corrected chi connectivity index (χ1v) is 9.57. The minimum absolute atomic E-state index is 0.0876. The van der Waals surface area contributed by atoms with E-state index in [0.717, 1.165) is 69.0 Å². The largest absolute Gasteiger partial charge is 0.492 e. The van der Waals surface area contributed by atoms with Crippen molar-refractivity contribution in [2.45, 2.75) is 25.7 Å². The molecule has 2 heterocycles. The summed E-state index contributed by atoms with van der Waals surface area (Å²) in [5.74, 6) is 0.995. The Morgan fingerprint density at radius 1 is 1.08 bits per heavy atom. The van der Waals surface area contributed by atoms with Crippen molar-refractivity contribution in [3.63, 3.8) is 0 Å². The van der Waals surface area contributed by atoms with Crippen molar-refractivity contribution < 1.29 is 9.53 Å². The molecule has 1 N–H and O–H groups in total. The summed E-state index contributed by atoms with van der Waals surface area (Å²) < 4.78 is 5.77. The molecule has 4 rings (SSSR count). The number of fused-ring (bicyclic) bond motifs is 1. The lowest BCUT2D eigenvalue weighted by molar-refractivity contribution is 0.0613. The van der Waals surface area contributed by atoms with E-state index >= 15 is 0 Å². The minimum Gasteiger partial charge on any atom is -0.492 e. The molecule has 1 saturated heterocycles. The summed E-state index contributed by atoms with van der Waals surface area (Å²) in [5.41, 5.74) is 2.97. The molecule has 26 heavy (non-hydrogen) atoms. The number of nitrogens with zero attached hydrogens (tertiary/aromatic N) is 3. The Balaban J connectivity index is 1.26. The van der Waals surface area contributed by atoms with Crippen LogP contribution in [0.2, 0.25) is 0 Å². The number of nitrogens with one attached hydrogen (secondary N) is 1. The van der Waals surface area contributed by atoms with Gasteiger partial charge in [-0.25, -0.2) is 0 Å². The van der Waals surface area contributed by atoms with Gasteiger partial charge in [0.15, 0.2) is 5.69 Å². The minimum atomic E-state index is 0.0876. The maximum Gasteiger partial charge on any atom is 0.274 e. The fourth-order valence-electron chi connectivity index (χ4n) is 3.79. The summed E-state index contributed by atoms with van der Waals surface area (Å²) >= 11 is 0. The van der Waals surface area contributed by atoms with Crippen molar-refractivity contribution >= 4 is 5.91 Å². The molecule has 2 aromatic rings. The number of benzene rings is 1. The number of aromatic nitrogens is 2. The van der Waals surface area contributed by atoms with Gasteiger partial charge in [-0.3, -0.25) is 14.8 Å². The van der Waals surface area contributed by atoms with E-state index in [1.807, 2.05) is 35.2 Å². The van der Waals surface area contributed by atoms with Crippen LogP contribution in [0.3, 0.4) is 0 Å². The van der Waals surface area contributed by atoms with Gasteiger partial charge in [-0.05, 0) is 37.8 Å². The number of aryl methyl sites for hydroxylation is 1. The Morgan fingerprint density at radius 3 is 2.65 bits per heavy atom. The van der Waals surface area contributed by atoms with Crippen molar-refractivity contribution in [3.05, 3.63) is 47.3 Å². The third-order valence-electron chi connectivity index (χ3n) is 5.34. The van der Waals surface area contributed by atoms with Gasteiger partial charge < -0.3 is 9.64 Å². The van der Waals surface area contributed by atoms with Crippen LogP contribution in [0.25, 0.3) is 0 Å². The van der Waals surface area contributed by atoms with Crippen LogP contribution in [0.1, 0.15) is 34.6 Å². The highest BCUT2D eigenvalue weighted by molar-refractivity contribution is 5.94. The molecular weight excluding hydrogens is 328 g/mol. The van der Waals surface area contributed by atoms with E-state index in [-0.39, 0.29) is 5.91 Å². The molecule has 6 nitrogen and oxygen atoms in total. The molecular formula is C20H26N4O2. The van der Waals surface area contributed by atoms with Crippen LogP contribution in [-0.2, 0) is 12.8 Å². The summed E-state index contributed by atoms with van der Waals surface area (Å²) in [6, 6.07) is 9.89. The third-order valence-corrected chi connectivity index (χ3v) is 5.34. The molecule has 1 fully saturated rings. The average molecular weight is 354 g/mol. The summed E-state index contributed by atoms with van der Waals surface area (Å²) in [5, 5.41) is 7.40. The SMILES string of the molecule is O=C(c1n[nH]c2c1CCCC2)N1CCN(CCOc2ccccc2)CC1. The average Bonchev–Trinajstić information content (AvgIpc) is 3.13. The zero-order valence-electron chi connectivity index (χ0n) is 15.1. The van der Waals surface area contributed by atoms with Crippen LogP contribution in [0.5, 0.6) is 5.75 Å². The molecule has 1 aromatic heterocycles. The maximum absolute atomic E-state index is 12.8.